The van der Waals surface area contributed by atoms with Gasteiger partial charge in [-0.15, -0.1) is 0 Å². The van der Waals surface area contributed by atoms with E-state index in [4.69, 9.17) is 13.6 Å². The first-order valence-corrected chi connectivity index (χ1v) is 7.01. The Hall–Kier alpha value is -0.150. The number of phosphoric ester groups is 1. The van der Waals surface area contributed by atoms with Crippen molar-refractivity contribution in [2.75, 3.05) is 0 Å². The van der Waals surface area contributed by atoms with Crippen molar-refractivity contribution in [1.82, 2.24) is 0 Å². The molecule has 0 radical (unpaired) electrons. The average Bonchev–Trinajstić information content (AvgIpc) is 2.11. The summed E-state index contributed by atoms with van der Waals surface area (Å²) in [5.41, 5.74) is 0. The van der Waals surface area contributed by atoms with Crippen LogP contribution in [0.3, 0.4) is 0 Å². The van der Waals surface area contributed by atoms with Crippen LogP contribution >= 0.6 is 7.82 Å². The Morgan fingerprint density at radius 2 is 1.80 bits per heavy atom. The Labute approximate surface area is 90.2 Å². The molecule has 15 heavy (non-hydrogen) atoms. The first-order chi connectivity index (χ1) is 7.18. The van der Waals surface area contributed by atoms with Gasteiger partial charge in [0, 0.05) is 6.42 Å². The van der Waals surface area contributed by atoms with E-state index in [0.29, 0.717) is 6.42 Å². The molecule has 0 amide bonds. The highest BCUT2D eigenvalue weighted by atomic mass is 31.2. The van der Waals surface area contributed by atoms with Crippen molar-refractivity contribution in [2.24, 2.45) is 0 Å². The molecule has 3 saturated heterocycles. The number of allylic oxidation sites excluding steroid dienone is 2. The van der Waals surface area contributed by atoms with Crippen molar-refractivity contribution in [3.8, 4) is 0 Å². The van der Waals surface area contributed by atoms with Gasteiger partial charge in [-0.3, -0.25) is 0 Å². The Balaban J connectivity index is 1.51. The van der Waals surface area contributed by atoms with Crippen LogP contribution in [0.4, 0.5) is 0 Å². The van der Waals surface area contributed by atoms with E-state index in [1.165, 1.54) is 19.3 Å². The SMILES string of the molecule is CCCCC/C=C/CCC12OP(=O)(O1)O2. The Kier molecular flexibility index (Phi) is 3.31. The van der Waals surface area contributed by atoms with Crippen molar-refractivity contribution < 1.29 is 18.1 Å². The topological polar surface area (TPSA) is 44.8 Å². The van der Waals surface area contributed by atoms with Crippen LogP contribution in [0.15, 0.2) is 12.2 Å². The zero-order chi connectivity index (χ0) is 10.8. The molecular formula is C10H17O4P. The quantitative estimate of drug-likeness (QED) is 0.381. The first kappa shape index (κ1) is 11.3. The minimum Gasteiger partial charge on any atom is -0.227 e. The van der Waals surface area contributed by atoms with Crippen LogP contribution in [0.1, 0.15) is 45.4 Å². The third-order valence-electron chi connectivity index (χ3n) is 2.51. The van der Waals surface area contributed by atoms with Crippen molar-refractivity contribution in [3.05, 3.63) is 12.2 Å². The molecule has 0 aromatic carbocycles. The van der Waals surface area contributed by atoms with Gasteiger partial charge < -0.3 is 0 Å². The Bertz CT molecular complexity index is 273. The maximum Gasteiger partial charge on any atom is 0.488 e. The Morgan fingerprint density at radius 1 is 1.13 bits per heavy atom. The second kappa shape index (κ2) is 4.38. The summed E-state index contributed by atoms with van der Waals surface area (Å²) in [4.78, 5) is 0. The molecule has 0 spiro atoms. The lowest BCUT2D eigenvalue weighted by molar-refractivity contribution is -0.430. The van der Waals surface area contributed by atoms with E-state index in [2.05, 4.69) is 19.1 Å². The highest BCUT2D eigenvalue weighted by Crippen LogP contribution is 2.80. The minimum absolute atomic E-state index is 0.626. The smallest absolute Gasteiger partial charge is 0.227 e. The lowest BCUT2D eigenvalue weighted by Crippen LogP contribution is -2.56. The summed E-state index contributed by atoms with van der Waals surface area (Å²) < 4.78 is 25.6. The summed E-state index contributed by atoms with van der Waals surface area (Å²) in [6.07, 6.45) is 10.6. The molecule has 5 heteroatoms. The van der Waals surface area contributed by atoms with Crippen molar-refractivity contribution in [3.63, 3.8) is 0 Å². The van der Waals surface area contributed by atoms with Gasteiger partial charge in [-0.25, -0.2) is 18.1 Å². The van der Waals surface area contributed by atoms with Gasteiger partial charge in [0.1, 0.15) is 0 Å². The van der Waals surface area contributed by atoms with Crippen molar-refractivity contribution in [2.45, 2.75) is 51.4 Å². The van der Waals surface area contributed by atoms with Gasteiger partial charge in [0.25, 0.3) is 0 Å². The average molecular weight is 232 g/mol. The molecule has 3 fully saturated rings. The molecule has 4 nitrogen and oxygen atoms in total. The van der Waals surface area contributed by atoms with Crippen LogP contribution in [-0.4, -0.2) is 5.97 Å². The van der Waals surface area contributed by atoms with Crippen LogP contribution in [0.25, 0.3) is 0 Å². The fourth-order valence-electron chi connectivity index (χ4n) is 1.68. The monoisotopic (exact) mass is 232 g/mol. The molecule has 0 aliphatic carbocycles. The molecule has 2 bridgehead atoms. The third kappa shape index (κ3) is 2.51. The van der Waals surface area contributed by atoms with E-state index < -0.39 is 13.8 Å². The van der Waals surface area contributed by atoms with Gasteiger partial charge in [0.15, 0.2) is 0 Å². The molecule has 3 rings (SSSR count). The second-order valence-corrected chi connectivity index (χ2v) is 5.35. The van der Waals surface area contributed by atoms with Crippen molar-refractivity contribution >= 4 is 7.82 Å². The molecule has 0 N–H and O–H groups in total. The molecule has 0 unspecified atom stereocenters. The normalized spacial score (nSPS) is 37.7. The fourth-order valence-corrected chi connectivity index (χ4v) is 3.01. The van der Waals surface area contributed by atoms with Crippen LogP contribution in [0.5, 0.6) is 0 Å². The molecule has 3 aliphatic heterocycles. The van der Waals surface area contributed by atoms with Gasteiger partial charge in [-0.2, -0.15) is 0 Å². The number of phosphoric acid groups is 1. The third-order valence-corrected chi connectivity index (χ3v) is 4.02. The van der Waals surface area contributed by atoms with E-state index in [1.54, 1.807) is 0 Å². The summed E-state index contributed by atoms with van der Waals surface area (Å²) in [5, 5.41) is 0. The van der Waals surface area contributed by atoms with E-state index >= 15 is 0 Å². The molecule has 86 valence electrons. The van der Waals surface area contributed by atoms with E-state index in [-0.39, 0.29) is 0 Å². The van der Waals surface area contributed by atoms with Crippen molar-refractivity contribution in [1.29, 1.82) is 0 Å². The van der Waals surface area contributed by atoms with Gasteiger partial charge in [0.05, 0.1) is 0 Å². The van der Waals surface area contributed by atoms with Crippen LogP contribution in [-0.2, 0) is 18.1 Å². The highest BCUT2D eigenvalue weighted by Gasteiger charge is 2.74. The fraction of sp³-hybridized carbons (Fsp3) is 0.800. The van der Waals surface area contributed by atoms with E-state index in [1.807, 2.05) is 0 Å². The summed E-state index contributed by atoms with van der Waals surface area (Å²) in [7, 11) is -2.98. The molecule has 0 aromatic rings. The zero-order valence-corrected chi connectivity index (χ0v) is 9.87. The lowest BCUT2D eigenvalue weighted by Gasteiger charge is -2.55. The maximum absolute atomic E-state index is 10.9. The number of hydrogen-bond acceptors (Lipinski definition) is 4. The molecule has 3 heterocycles. The summed E-state index contributed by atoms with van der Waals surface area (Å²) in [6, 6.07) is 0. The van der Waals surface area contributed by atoms with Gasteiger partial charge in [-0.05, 0) is 19.3 Å². The summed E-state index contributed by atoms with van der Waals surface area (Å²) in [5.74, 6) is -0.941. The predicted molar refractivity (Wildman–Crippen MR) is 56.1 cm³/mol. The predicted octanol–water partition coefficient (Wildman–Crippen LogP) is 3.74. The maximum atomic E-state index is 10.9. The largest absolute Gasteiger partial charge is 0.488 e. The highest BCUT2D eigenvalue weighted by molar-refractivity contribution is 7.51. The molecule has 3 aliphatic rings. The minimum atomic E-state index is -2.98. The number of hydrogen-bond donors (Lipinski definition) is 0. The van der Waals surface area contributed by atoms with Crippen LogP contribution < -0.4 is 0 Å². The standard InChI is InChI=1S/C10H17O4P/c1-2-3-4-5-6-7-8-9-10-12-15(11,13-10)14-10/h6-7H,2-5,8-9H2,1H3/b7-6+. The molecular weight excluding hydrogens is 215 g/mol. The van der Waals surface area contributed by atoms with Crippen LogP contribution in [0.2, 0.25) is 0 Å². The lowest BCUT2D eigenvalue weighted by atomic mass is 10.2. The number of unbranched alkanes of at least 4 members (excludes halogenated alkanes) is 3. The van der Waals surface area contributed by atoms with Crippen LogP contribution in [0, 0.1) is 0 Å². The molecule has 0 aromatic heterocycles. The van der Waals surface area contributed by atoms with E-state index in [0.717, 1.165) is 12.8 Å². The second-order valence-electron chi connectivity index (χ2n) is 3.91. The molecule has 0 saturated carbocycles. The Morgan fingerprint density at radius 3 is 2.40 bits per heavy atom. The van der Waals surface area contributed by atoms with Gasteiger partial charge in [-0.1, -0.05) is 31.9 Å². The summed E-state index contributed by atoms with van der Waals surface area (Å²) >= 11 is 0. The van der Waals surface area contributed by atoms with Gasteiger partial charge in [0.2, 0.25) is 0 Å². The number of rotatable bonds is 7. The van der Waals surface area contributed by atoms with Gasteiger partial charge >= 0.3 is 13.8 Å². The van der Waals surface area contributed by atoms with E-state index in [9.17, 15) is 4.57 Å². The molecule has 0 atom stereocenters. The summed E-state index contributed by atoms with van der Waals surface area (Å²) in [6.45, 7) is 2.19. The first-order valence-electron chi connectivity index (χ1n) is 5.55. The zero-order valence-electron chi connectivity index (χ0n) is 8.98.